The summed E-state index contributed by atoms with van der Waals surface area (Å²) >= 11 is 12.7. The molecule has 0 saturated heterocycles. The zero-order valence-corrected chi connectivity index (χ0v) is 15.1. The van der Waals surface area contributed by atoms with Gasteiger partial charge in [-0.2, -0.15) is 0 Å². The van der Waals surface area contributed by atoms with E-state index in [1.807, 2.05) is 20.2 Å². The van der Waals surface area contributed by atoms with Crippen LogP contribution in [-0.4, -0.2) is 18.5 Å². The van der Waals surface area contributed by atoms with Crippen molar-refractivity contribution in [3.05, 3.63) is 58.0 Å². The van der Waals surface area contributed by atoms with Crippen molar-refractivity contribution in [3.8, 4) is 0 Å². The molecular weight excluding hydrogens is 327 g/mol. The molecule has 1 aromatic carbocycles. The lowest BCUT2D eigenvalue weighted by Gasteiger charge is -2.07. The number of aromatic nitrogens is 1. The van der Waals surface area contributed by atoms with E-state index in [1.54, 1.807) is 0 Å². The van der Waals surface area contributed by atoms with E-state index in [0.717, 1.165) is 18.2 Å². The molecule has 0 radical (unpaired) electrons. The van der Waals surface area contributed by atoms with Gasteiger partial charge in [0.1, 0.15) is 0 Å². The second-order valence-corrected chi connectivity index (χ2v) is 6.45. The molecule has 0 aliphatic heterocycles. The molecule has 23 heavy (non-hydrogen) atoms. The smallest absolute Gasteiger partial charge is 0.0832 e. The number of benzene rings is 1. The average molecular weight is 347 g/mol. The number of nitrogens with one attached hydrogen (secondary N) is 1. The van der Waals surface area contributed by atoms with Crippen LogP contribution in [0.2, 0.25) is 0 Å². The number of rotatable bonds is 1. The number of fused-ring (bicyclic) bond motifs is 5. The van der Waals surface area contributed by atoms with E-state index in [-0.39, 0.29) is 0 Å². The van der Waals surface area contributed by atoms with Gasteiger partial charge in [-0.25, -0.2) is 0 Å². The van der Waals surface area contributed by atoms with Crippen LogP contribution in [0.4, 0.5) is 0 Å². The molecule has 1 aliphatic carbocycles. The summed E-state index contributed by atoms with van der Waals surface area (Å²) in [6.07, 6.45) is 6.04. The van der Waals surface area contributed by atoms with Crippen LogP contribution in [0, 0.1) is 0 Å². The third kappa shape index (κ3) is 2.55. The summed E-state index contributed by atoms with van der Waals surface area (Å²) in [6, 6.07) is 8.48. The van der Waals surface area contributed by atoms with Crippen molar-refractivity contribution in [1.29, 1.82) is 0 Å². The molecular formula is C19H20Cl2N2. The third-order valence-corrected chi connectivity index (χ3v) is 4.98. The Bertz CT molecular complexity index is 951. The summed E-state index contributed by atoms with van der Waals surface area (Å²) in [5.74, 6) is 0. The first-order valence-corrected chi connectivity index (χ1v) is 8.57. The summed E-state index contributed by atoms with van der Waals surface area (Å²) in [5.41, 5.74) is 3.99. The third-order valence-electron chi connectivity index (χ3n) is 4.16. The molecule has 1 aliphatic rings. The number of hydrogen-bond donors (Lipinski definition) is 1. The Labute approximate surface area is 146 Å². The highest BCUT2D eigenvalue weighted by Gasteiger charge is 2.21. The SMILES string of the molecule is CCc1c2c(n3cc4ccccc4c13)=C(Cl)C(Cl)=CC2.CNC. The van der Waals surface area contributed by atoms with Crippen molar-refractivity contribution in [3.63, 3.8) is 0 Å². The molecule has 4 rings (SSSR count). The van der Waals surface area contributed by atoms with Gasteiger partial charge in [-0.05, 0) is 38.1 Å². The molecule has 3 aromatic rings. The standard InChI is InChI=1S/C17H13Cl2N.C2H7N/c1-2-11-13-7-8-14(18)15(19)17(13)20-9-10-5-3-4-6-12(10)16(11)20;1-3-2/h3-6,8-9H,2,7H2,1H3;3H,1-2H3. The van der Waals surface area contributed by atoms with Gasteiger partial charge in [-0.1, -0.05) is 60.5 Å². The number of aryl methyl sites for hydroxylation is 1. The summed E-state index contributed by atoms with van der Waals surface area (Å²) in [7, 11) is 3.75. The van der Waals surface area contributed by atoms with Crippen molar-refractivity contribution in [2.75, 3.05) is 14.1 Å². The normalized spacial score (nSPS) is 13.8. The average Bonchev–Trinajstić information content (AvgIpc) is 3.06. The van der Waals surface area contributed by atoms with Gasteiger partial charge in [0.25, 0.3) is 0 Å². The van der Waals surface area contributed by atoms with Gasteiger partial charge in [0.05, 0.1) is 20.9 Å². The van der Waals surface area contributed by atoms with E-state index in [2.05, 4.69) is 47.1 Å². The first-order valence-electron chi connectivity index (χ1n) is 7.81. The first kappa shape index (κ1) is 16.4. The lowest BCUT2D eigenvalue weighted by atomic mass is 10.0. The Balaban J connectivity index is 0.000000485. The molecule has 1 N–H and O–H groups in total. The van der Waals surface area contributed by atoms with Crippen LogP contribution in [0.15, 0.2) is 41.6 Å². The molecule has 2 aromatic heterocycles. The first-order chi connectivity index (χ1) is 11.1. The quantitative estimate of drug-likeness (QED) is 0.697. The van der Waals surface area contributed by atoms with E-state index >= 15 is 0 Å². The fourth-order valence-electron chi connectivity index (χ4n) is 3.31. The highest BCUT2D eigenvalue weighted by Crippen LogP contribution is 2.32. The summed E-state index contributed by atoms with van der Waals surface area (Å²) in [5, 5.41) is 7.68. The Hall–Kier alpha value is -1.48. The highest BCUT2D eigenvalue weighted by molar-refractivity contribution is 6.57. The van der Waals surface area contributed by atoms with Gasteiger partial charge < -0.3 is 9.72 Å². The Kier molecular flexibility index (Phi) is 4.67. The van der Waals surface area contributed by atoms with E-state index < -0.39 is 0 Å². The summed E-state index contributed by atoms with van der Waals surface area (Å²) in [6.45, 7) is 2.20. The van der Waals surface area contributed by atoms with Gasteiger partial charge in [0, 0.05) is 17.0 Å². The monoisotopic (exact) mass is 346 g/mol. The highest BCUT2D eigenvalue weighted by atomic mass is 35.5. The van der Waals surface area contributed by atoms with Crippen molar-refractivity contribution < 1.29 is 0 Å². The largest absolute Gasteiger partial charge is 0.323 e. The molecule has 0 saturated carbocycles. The molecule has 2 heterocycles. The number of nitrogens with zero attached hydrogens (tertiary/aromatic N) is 1. The molecule has 0 bridgehead atoms. The number of allylic oxidation sites excluding steroid dienone is 2. The topological polar surface area (TPSA) is 16.4 Å². The van der Waals surface area contributed by atoms with Crippen LogP contribution in [0.1, 0.15) is 18.1 Å². The van der Waals surface area contributed by atoms with E-state index in [1.165, 1.54) is 27.4 Å². The van der Waals surface area contributed by atoms with Crippen LogP contribution in [0.3, 0.4) is 0 Å². The molecule has 4 heteroatoms. The Morgan fingerprint density at radius 3 is 2.57 bits per heavy atom. The van der Waals surface area contributed by atoms with Crippen molar-refractivity contribution in [2.24, 2.45) is 0 Å². The number of halogens is 2. The maximum Gasteiger partial charge on any atom is 0.0832 e. The molecule has 0 spiro atoms. The van der Waals surface area contributed by atoms with Crippen molar-refractivity contribution in [2.45, 2.75) is 19.8 Å². The molecule has 120 valence electrons. The number of hydrogen-bond acceptors (Lipinski definition) is 1. The Morgan fingerprint density at radius 1 is 1.17 bits per heavy atom. The lowest BCUT2D eigenvalue weighted by molar-refractivity contribution is 1.02. The lowest BCUT2D eigenvalue weighted by Crippen LogP contribution is -2.18. The van der Waals surface area contributed by atoms with E-state index in [9.17, 15) is 0 Å². The maximum atomic E-state index is 6.47. The van der Waals surface area contributed by atoms with Crippen molar-refractivity contribution >= 4 is 44.5 Å². The van der Waals surface area contributed by atoms with Crippen LogP contribution >= 0.6 is 23.2 Å². The summed E-state index contributed by atoms with van der Waals surface area (Å²) in [4.78, 5) is 0. The predicted octanol–water partition coefficient (Wildman–Crippen LogP) is 4.24. The van der Waals surface area contributed by atoms with Crippen LogP contribution < -0.4 is 10.7 Å². The zero-order chi connectivity index (χ0) is 16.6. The summed E-state index contributed by atoms with van der Waals surface area (Å²) < 4.78 is 2.22. The molecule has 0 unspecified atom stereocenters. The van der Waals surface area contributed by atoms with Gasteiger partial charge in [0.2, 0.25) is 0 Å². The molecule has 0 amide bonds. The van der Waals surface area contributed by atoms with Gasteiger partial charge >= 0.3 is 0 Å². The van der Waals surface area contributed by atoms with E-state index in [4.69, 9.17) is 23.2 Å². The molecule has 0 fully saturated rings. The van der Waals surface area contributed by atoms with Crippen molar-refractivity contribution in [1.82, 2.24) is 9.72 Å². The van der Waals surface area contributed by atoms with Gasteiger partial charge in [-0.15, -0.1) is 0 Å². The minimum atomic E-state index is 0.659. The van der Waals surface area contributed by atoms with Crippen LogP contribution in [-0.2, 0) is 12.8 Å². The zero-order valence-electron chi connectivity index (χ0n) is 13.6. The molecule has 2 nitrogen and oxygen atoms in total. The predicted molar refractivity (Wildman–Crippen MR) is 101 cm³/mol. The maximum absolute atomic E-state index is 6.47. The second kappa shape index (κ2) is 6.56. The van der Waals surface area contributed by atoms with Crippen LogP contribution in [0.25, 0.3) is 21.3 Å². The van der Waals surface area contributed by atoms with Gasteiger partial charge in [0.15, 0.2) is 0 Å². The Morgan fingerprint density at radius 2 is 1.87 bits per heavy atom. The second-order valence-electron chi connectivity index (χ2n) is 5.66. The molecule has 0 atom stereocenters. The minimum absolute atomic E-state index is 0.659. The van der Waals surface area contributed by atoms with Gasteiger partial charge in [-0.3, -0.25) is 0 Å². The fourth-order valence-corrected chi connectivity index (χ4v) is 3.76. The van der Waals surface area contributed by atoms with E-state index in [0.29, 0.717) is 10.1 Å². The minimum Gasteiger partial charge on any atom is -0.323 e. The fraction of sp³-hybridized carbons (Fsp3) is 0.263. The van der Waals surface area contributed by atoms with Crippen LogP contribution in [0.5, 0.6) is 0 Å².